The topological polar surface area (TPSA) is 25.2 Å². The summed E-state index contributed by atoms with van der Waals surface area (Å²) in [4.78, 5) is 0. The van der Waals surface area contributed by atoms with Crippen LogP contribution in [0.4, 0.5) is 0 Å². The van der Waals surface area contributed by atoms with E-state index in [1.54, 1.807) is 11.8 Å². The molecule has 3 heteroatoms. The summed E-state index contributed by atoms with van der Waals surface area (Å²) in [7, 11) is 0. The van der Waals surface area contributed by atoms with E-state index in [4.69, 9.17) is 4.42 Å². The average Bonchev–Trinajstić information content (AvgIpc) is 2.51. The van der Waals surface area contributed by atoms with Gasteiger partial charge in [-0.05, 0) is 23.8 Å². The Labute approximate surface area is 96.8 Å². The summed E-state index contributed by atoms with van der Waals surface area (Å²) < 4.78 is 5.66. The minimum Gasteiger partial charge on any atom is -0.464 e. The van der Waals surface area contributed by atoms with Gasteiger partial charge in [-0.3, -0.25) is 0 Å². The lowest BCUT2D eigenvalue weighted by molar-refractivity contribution is 0.364. The van der Waals surface area contributed by atoms with Crippen molar-refractivity contribution in [1.82, 2.24) is 5.32 Å². The van der Waals surface area contributed by atoms with Crippen molar-refractivity contribution in [2.45, 2.75) is 33.1 Å². The van der Waals surface area contributed by atoms with Crippen LogP contribution in [0.15, 0.2) is 16.5 Å². The molecule has 0 aromatic carbocycles. The number of hydrogen-bond donors (Lipinski definition) is 1. The molecule has 0 saturated heterocycles. The third-order valence-corrected chi connectivity index (χ3v) is 2.53. The van der Waals surface area contributed by atoms with Gasteiger partial charge >= 0.3 is 0 Å². The second kappa shape index (κ2) is 5.61. The van der Waals surface area contributed by atoms with Crippen LogP contribution in [0.5, 0.6) is 0 Å². The Morgan fingerprint density at radius 2 is 1.93 bits per heavy atom. The highest BCUT2D eigenvalue weighted by atomic mass is 32.2. The van der Waals surface area contributed by atoms with Crippen molar-refractivity contribution in [3.05, 3.63) is 23.7 Å². The molecule has 0 unspecified atom stereocenters. The summed E-state index contributed by atoms with van der Waals surface area (Å²) in [5.74, 6) is 3.05. The highest BCUT2D eigenvalue weighted by molar-refractivity contribution is 7.97. The first-order chi connectivity index (χ1) is 7.01. The maximum Gasteiger partial charge on any atom is 0.118 e. The maximum absolute atomic E-state index is 5.66. The lowest BCUT2D eigenvalue weighted by Gasteiger charge is -2.18. The number of hydrogen-bond acceptors (Lipinski definition) is 3. The van der Waals surface area contributed by atoms with E-state index in [0.29, 0.717) is 5.41 Å². The van der Waals surface area contributed by atoms with Gasteiger partial charge in [-0.25, -0.2) is 0 Å². The zero-order chi connectivity index (χ0) is 11.3. The molecule has 1 aromatic rings. The van der Waals surface area contributed by atoms with Crippen molar-refractivity contribution < 1.29 is 4.42 Å². The van der Waals surface area contributed by atoms with E-state index in [0.717, 1.165) is 30.4 Å². The SMILES string of the molecule is CSCc1ccc(CNCC(C)(C)C)o1. The number of rotatable bonds is 5. The maximum atomic E-state index is 5.66. The Bertz CT molecular complexity index is 288. The molecule has 1 N–H and O–H groups in total. The van der Waals surface area contributed by atoms with Crippen molar-refractivity contribution in [2.75, 3.05) is 12.8 Å². The fraction of sp³-hybridized carbons (Fsp3) is 0.667. The van der Waals surface area contributed by atoms with Crippen LogP contribution in [0.2, 0.25) is 0 Å². The van der Waals surface area contributed by atoms with E-state index in [1.807, 2.05) is 0 Å². The van der Waals surface area contributed by atoms with Gasteiger partial charge in [0.25, 0.3) is 0 Å². The average molecular weight is 227 g/mol. The second-order valence-electron chi connectivity index (χ2n) is 4.97. The normalized spacial score (nSPS) is 12.0. The molecule has 0 spiro atoms. The molecule has 0 bridgehead atoms. The van der Waals surface area contributed by atoms with Crippen molar-refractivity contribution in [2.24, 2.45) is 5.41 Å². The Morgan fingerprint density at radius 3 is 2.53 bits per heavy atom. The number of nitrogens with one attached hydrogen (secondary N) is 1. The lowest BCUT2D eigenvalue weighted by Crippen LogP contribution is -2.26. The summed E-state index contributed by atoms with van der Waals surface area (Å²) >= 11 is 1.78. The van der Waals surface area contributed by atoms with E-state index in [1.165, 1.54) is 0 Å². The highest BCUT2D eigenvalue weighted by Gasteiger charge is 2.09. The van der Waals surface area contributed by atoms with Gasteiger partial charge in [0.05, 0.1) is 12.3 Å². The molecular formula is C12H21NOS. The molecule has 0 aliphatic rings. The van der Waals surface area contributed by atoms with Gasteiger partial charge in [0.1, 0.15) is 11.5 Å². The van der Waals surface area contributed by atoms with Crippen LogP contribution in [-0.4, -0.2) is 12.8 Å². The monoisotopic (exact) mass is 227 g/mol. The number of furan rings is 1. The molecule has 0 fully saturated rings. The highest BCUT2D eigenvalue weighted by Crippen LogP contribution is 2.14. The standard InChI is InChI=1S/C12H21NOS/c1-12(2,3)9-13-7-10-5-6-11(14-10)8-15-4/h5-6,13H,7-9H2,1-4H3. The summed E-state index contributed by atoms with van der Waals surface area (Å²) in [5, 5.41) is 3.40. The molecule has 0 atom stereocenters. The van der Waals surface area contributed by atoms with Crippen molar-refractivity contribution >= 4 is 11.8 Å². The quantitative estimate of drug-likeness (QED) is 0.835. The molecule has 0 aliphatic carbocycles. The van der Waals surface area contributed by atoms with Gasteiger partial charge in [0.2, 0.25) is 0 Å². The first-order valence-electron chi connectivity index (χ1n) is 5.28. The van der Waals surface area contributed by atoms with Gasteiger partial charge in [-0.15, -0.1) is 0 Å². The molecule has 2 nitrogen and oxygen atoms in total. The molecule has 0 aliphatic heterocycles. The van der Waals surface area contributed by atoms with Crippen LogP contribution >= 0.6 is 11.8 Å². The van der Waals surface area contributed by atoms with Gasteiger partial charge in [0, 0.05) is 6.54 Å². The van der Waals surface area contributed by atoms with E-state index in [9.17, 15) is 0 Å². The molecule has 15 heavy (non-hydrogen) atoms. The molecule has 1 aromatic heterocycles. The zero-order valence-electron chi connectivity index (χ0n) is 10.1. The molecule has 86 valence electrons. The van der Waals surface area contributed by atoms with Gasteiger partial charge in [0.15, 0.2) is 0 Å². The van der Waals surface area contributed by atoms with Crippen molar-refractivity contribution in [3.63, 3.8) is 0 Å². The summed E-state index contributed by atoms with van der Waals surface area (Å²) in [6.45, 7) is 8.50. The Morgan fingerprint density at radius 1 is 1.27 bits per heavy atom. The van der Waals surface area contributed by atoms with E-state index in [-0.39, 0.29) is 0 Å². The summed E-state index contributed by atoms with van der Waals surface area (Å²) in [6.07, 6.45) is 2.08. The second-order valence-corrected chi connectivity index (χ2v) is 5.83. The lowest BCUT2D eigenvalue weighted by atomic mass is 9.97. The first-order valence-corrected chi connectivity index (χ1v) is 6.68. The van der Waals surface area contributed by atoms with Crippen molar-refractivity contribution in [3.8, 4) is 0 Å². The van der Waals surface area contributed by atoms with Gasteiger partial charge < -0.3 is 9.73 Å². The van der Waals surface area contributed by atoms with E-state index >= 15 is 0 Å². The molecule has 0 amide bonds. The van der Waals surface area contributed by atoms with Crippen molar-refractivity contribution in [1.29, 1.82) is 0 Å². The molecule has 1 rings (SSSR count). The fourth-order valence-corrected chi connectivity index (χ4v) is 1.74. The Hall–Kier alpha value is -0.410. The summed E-state index contributed by atoms with van der Waals surface area (Å²) in [5.41, 5.74) is 0.328. The minimum absolute atomic E-state index is 0.328. The summed E-state index contributed by atoms with van der Waals surface area (Å²) in [6, 6.07) is 4.12. The largest absolute Gasteiger partial charge is 0.464 e. The van der Waals surface area contributed by atoms with Gasteiger partial charge in [-0.2, -0.15) is 11.8 Å². The molecule has 0 radical (unpaired) electrons. The molecular weight excluding hydrogens is 206 g/mol. The smallest absolute Gasteiger partial charge is 0.118 e. The third kappa shape index (κ3) is 5.28. The first kappa shape index (κ1) is 12.7. The minimum atomic E-state index is 0.328. The predicted molar refractivity (Wildman–Crippen MR) is 67.1 cm³/mol. The van der Waals surface area contributed by atoms with Crippen LogP contribution in [-0.2, 0) is 12.3 Å². The molecule has 1 heterocycles. The van der Waals surface area contributed by atoms with E-state index < -0.39 is 0 Å². The van der Waals surface area contributed by atoms with Crippen LogP contribution in [0.1, 0.15) is 32.3 Å². The predicted octanol–water partition coefficient (Wildman–Crippen LogP) is 3.28. The van der Waals surface area contributed by atoms with Crippen LogP contribution < -0.4 is 5.32 Å². The zero-order valence-corrected chi connectivity index (χ0v) is 10.9. The van der Waals surface area contributed by atoms with Gasteiger partial charge in [-0.1, -0.05) is 20.8 Å². The Balaban J connectivity index is 2.31. The van der Waals surface area contributed by atoms with Crippen LogP contribution in [0, 0.1) is 5.41 Å². The Kier molecular flexibility index (Phi) is 4.74. The molecule has 0 saturated carbocycles. The van der Waals surface area contributed by atoms with Crippen LogP contribution in [0.3, 0.4) is 0 Å². The van der Waals surface area contributed by atoms with Crippen LogP contribution in [0.25, 0.3) is 0 Å². The fourth-order valence-electron chi connectivity index (χ4n) is 1.30. The third-order valence-electron chi connectivity index (χ3n) is 1.96. The van der Waals surface area contributed by atoms with E-state index in [2.05, 4.69) is 44.5 Å². The number of thioether (sulfide) groups is 1.